The highest BCUT2D eigenvalue weighted by Crippen LogP contribution is 2.27. The molecule has 1 aromatic carbocycles. The third-order valence-corrected chi connectivity index (χ3v) is 2.19. The Kier molecular flexibility index (Phi) is 6.21. The number of amides is 1. The molecule has 0 unspecified atom stereocenters. The predicted molar refractivity (Wildman–Crippen MR) is 72.0 cm³/mol. The van der Waals surface area contributed by atoms with Gasteiger partial charge in [0.05, 0.1) is 26.5 Å². The van der Waals surface area contributed by atoms with Crippen LogP contribution < -0.4 is 14.9 Å². The molecule has 0 atom stereocenters. The third-order valence-electron chi connectivity index (χ3n) is 2.19. The number of benzene rings is 1. The fraction of sp³-hybridized carbons (Fsp3) is 0.231. The highest BCUT2D eigenvalue weighted by molar-refractivity contribution is 5.84. The van der Waals surface area contributed by atoms with E-state index < -0.39 is 12.1 Å². The highest BCUT2D eigenvalue weighted by atomic mass is 16.7. The summed E-state index contributed by atoms with van der Waals surface area (Å²) in [4.78, 5) is 22.1. The van der Waals surface area contributed by atoms with Crippen LogP contribution in [0.5, 0.6) is 11.5 Å². The molecule has 0 aliphatic carbocycles. The van der Waals surface area contributed by atoms with Gasteiger partial charge in [0.25, 0.3) is 5.91 Å². The average Bonchev–Trinajstić information content (AvgIpc) is 2.48. The molecule has 0 aliphatic rings. The number of hydrogen-bond acceptors (Lipinski definition) is 7. The summed E-state index contributed by atoms with van der Waals surface area (Å²) in [5.41, 5.74) is 2.79. The first kappa shape index (κ1) is 16.0. The van der Waals surface area contributed by atoms with Gasteiger partial charge in [-0.25, -0.2) is 10.2 Å². The Labute approximate surface area is 120 Å². The Bertz CT molecular complexity index is 592. The SMILES string of the molecule is COC(=O)Oc1ccc(C=NNC(=O)CC#N)cc1OC. The van der Waals surface area contributed by atoms with E-state index in [1.54, 1.807) is 18.2 Å². The van der Waals surface area contributed by atoms with Crippen molar-refractivity contribution in [2.45, 2.75) is 6.42 Å². The lowest BCUT2D eigenvalue weighted by Gasteiger charge is -2.08. The number of carbonyl (C=O) groups excluding carboxylic acids is 2. The molecule has 0 bridgehead atoms. The molecule has 1 rings (SSSR count). The molecular weight excluding hydrogens is 278 g/mol. The molecule has 0 saturated carbocycles. The first-order valence-electron chi connectivity index (χ1n) is 5.73. The number of rotatable bonds is 5. The van der Waals surface area contributed by atoms with E-state index in [2.05, 4.69) is 15.3 Å². The lowest BCUT2D eigenvalue weighted by Crippen LogP contribution is -2.16. The molecule has 0 fully saturated rings. The lowest BCUT2D eigenvalue weighted by atomic mass is 10.2. The van der Waals surface area contributed by atoms with Crippen LogP contribution in [0.3, 0.4) is 0 Å². The van der Waals surface area contributed by atoms with Crippen LogP contribution >= 0.6 is 0 Å². The minimum Gasteiger partial charge on any atom is -0.493 e. The van der Waals surface area contributed by atoms with Gasteiger partial charge < -0.3 is 14.2 Å². The summed E-state index contributed by atoms with van der Waals surface area (Å²) in [6.45, 7) is 0. The zero-order chi connectivity index (χ0) is 15.7. The Morgan fingerprint density at radius 3 is 2.76 bits per heavy atom. The van der Waals surface area contributed by atoms with E-state index in [1.807, 2.05) is 0 Å². The zero-order valence-corrected chi connectivity index (χ0v) is 11.5. The van der Waals surface area contributed by atoms with Crippen LogP contribution in [0, 0.1) is 11.3 Å². The van der Waals surface area contributed by atoms with Crippen molar-refractivity contribution in [1.82, 2.24) is 5.43 Å². The number of ether oxygens (including phenoxy) is 3. The molecule has 0 spiro atoms. The summed E-state index contributed by atoms with van der Waals surface area (Å²) in [5.74, 6) is -0.0194. The van der Waals surface area contributed by atoms with Crippen molar-refractivity contribution in [3.05, 3.63) is 23.8 Å². The summed E-state index contributed by atoms with van der Waals surface area (Å²) >= 11 is 0. The van der Waals surface area contributed by atoms with Crippen LogP contribution in [-0.2, 0) is 9.53 Å². The van der Waals surface area contributed by atoms with Gasteiger partial charge in [-0.2, -0.15) is 10.4 Å². The summed E-state index contributed by atoms with van der Waals surface area (Å²) < 4.78 is 14.3. The fourth-order valence-corrected chi connectivity index (χ4v) is 1.27. The van der Waals surface area contributed by atoms with E-state index in [-0.39, 0.29) is 12.2 Å². The average molecular weight is 291 g/mol. The maximum Gasteiger partial charge on any atom is 0.513 e. The molecule has 21 heavy (non-hydrogen) atoms. The van der Waals surface area contributed by atoms with Crippen LogP contribution in [0.2, 0.25) is 0 Å². The number of hydrazone groups is 1. The molecule has 1 amide bonds. The Hall–Kier alpha value is -3.08. The summed E-state index contributed by atoms with van der Waals surface area (Å²) in [7, 11) is 2.61. The van der Waals surface area contributed by atoms with Gasteiger partial charge in [-0.3, -0.25) is 4.79 Å². The summed E-state index contributed by atoms with van der Waals surface area (Å²) in [6, 6.07) is 6.35. The van der Waals surface area contributed by atoms with E-state index in [1.165, 1.54) is 26.5 Å². The number of nitrogens with zero attached hydrogens (tertiary/aromatic N) is 2. The maximum atomic E-state index is 11.0. The second kappa shape index (κ2) is 8.16. The number of hydrogen-bond donors (Lipinski definition) is 1. The number of methoxy groups -OCH3 is 2. The molecule has 0 saturated heterocycles. The van der Waals surface area contributed by atoms with E-state index in [9.17, 15) is 9.59 Å². The molecule has 0 aliphatic heterocycles. The van der Waals surface area contributed by atoms with Gasteiger partial charge in [0.1, 0.15) is 6.42 Å². The second-order valence-electron chi connectivity index (χ2n) is 3.59. The van der Waals surface area contributed by atoms with Gasteiger partial charge in [0, 0.05) is 0 Å². The quantitative estimate of drug-likeness (QED) is 0.378. The van der Waals surface area contributed by atoms with Gasteiger partial charge in [-0.1, -0.05) is 0 Å². The van der Waals surface area contributed by atoms with Crippen molar-refractivity contribution in [2.24, 2.45) is 5.10 Å². The first-order valence-corrected chi connectivity index (χ1v) is 5.73. The molecule has 8 heteroatoms. The summed E-state index contributed by atoms with van der Waals surface area (Å²) in [6.07, 6.45) is 0.227. The van der Waals surface area contributed by atoms with E-state index in [0.717, 1.165) is 0 Å². The Morgan fingerprint density at radius 1 is 1.38 bits per heavy atom. The normalized spacial score (nSPS) is 9.76. The van der Waals surface area contributed by atoms with Crippen molar-refractivity contribution < 1.29 is 23.8 Å². The van der Waals surface area contributed by atoms with Gasteiger partial charge in [0.2, 0.25) is 0 Å². The van der Waals surface area contributed by atoms with E-state index in [4.69, 9.17) is 14.7 Å². The van der Waals surface area contributed by atoms with Gasteiger partial charge in [-0.05, 0) is 23.8 Å². The van der Waals surface area contributed by atoms with Crippen molar-refractivity contribution >= 4 is 18.3 Å². The van der Waals surface area contributed by atoms with Gasteiger partial charge in [-0.15, -0.1) is 0 Å². The molecule has 0 radical (unpaired) electrons. The van der Waals surface area contributed by atoms with Crippen molar-refractivity contribution in [3.8, 4) is 17.6 Å². The summed E-state index contributed by atoms with van der Waals surface area (Å²) in [5, 5.41) is 12.0. The molecule has 0 aromatic heterocycles. The van der Waals surface area contributed by atoms with Crippen molar-refractivity contribution in [2.75, 3.05) is 14.2 Å². The number of carbonyl (C=O) groups is 2. The van der Waals surface area contributed by atoms with E-state index in [0.29, 0.717) is 11.3 Å². The standard InChI is InChI=1S/C13H13N3O5/c1-19-11-7-9(8-15-16-12(17)5-6-14)3-4-10(11)21-13(18)20-2/h3-4,7-8H,5H2,1-2H3,(H,16,17). The maximum absolute atomic E-state index is 11.0. The van der Waals surface area contributed by atoms with Gasteiger partial charge in [0.15, 0.2) is 11.5 Å². The monoisotopic (exact) mass is 291 g/mol. The van der Waals surface area contributed by atoms with Crippen LogP contribution in [0.25, 0.3) is 0 Å². The number of nitrogens with one attached hydrogen (secondary N) is 1. The molecular formula is C13H13N3O5. The minimum atomic E-state index is -0.863. The van der Waals surface area contributed by atoms with Crippen LogP contribution in [-0.4, -0.2) is 32.5 Å². The van der Waals surface area contributed by atoms with Crippen LogP contribution in [0.1, 0.15) is 12.0 Å². The van der Waals surface area contributed by atoms with E-state index >= 15 is 0 Å². The first-order chi connectivity index (χ1) is 10.1. The minimum absolute atomic E-state index is 0.190. The van der Waals surface area contributed by atoms with Crippen molar-refractivity contribution in [3.63, 3.8) is 0 Å². The molecule has 110 valence electrons. The van der Waals surface area contributed by atoms with Crippen LogP contribution in [0.15, 0.2) is 23.3 Å². The van der Waals surface area contributed by atoms with Crippen LogP contribution in [0.4, 0.5) is 4.79 Å². The third kappa shape index (κ3) is 5.20. The Morgan fingerprint density at radius 2 is 2.14 bits per heavy atom. The largest absolute Gasteiger partial charge is 0.513 e. The smallest absolute Gasteiger partial charge is 0.493 e. The molecule has 1 N–H and O–H groups in total. The highest BCUT2D eigenvalue weighted by Gasteiger charge is 2.10. The number of nitriles is 1. The second-order valence-corrected chi connectivity index (χ2v) is 3.59. The van der Waals surface area contributed by atoms with Gasteiger partial charge >= 0.3 is 6.16 Å². The zero-order valence-electron chi connectivity index (χ0n) is 11.5. The molecule has 0 heterocycles. The molecule has 8 nitrogen and oxygen atoms in total. The van der Waals surface area contributed by atoms with Crippen molar-refractivity contribution in [1.29, 1.82) is 5.26 Å². The lowest BCUT2D eigenvalue weighted by molar-refractivity contribution is -0.120. The predicted octanol–water partition coefficient (Wildman–Crippen LogP) is 1.20. The molecule has 1 aromatic rings. The Balaban J connectivity index is 2.78. The fourth-order valence-electron chi connectivity index (χ4n) is 1.27. The topological polar surface area (TPSA) is 110 Å².